The Bertz CT molecular complexity index is 1250. The fourth-order valence-corrected chi connectivity index (χ4v) is 5.83. The number of sulfonamides is 1. The highest BCUT2D eigenvalue weighted by Crippen LogP contribution is 2.27. The summed E-state index contributed by atoms with van der Waals surface area (Å²) in [6, 6.07) is 22.5. The van der Waals surface area contributed by atoms with Gasteiger partial charge in [0.25, 0.3) is 5.91 Å². The topological polar surface area (TPSA) is 91.2 Å². The standard InChI is InChI=1S/C26H28N4O3S/c1-19-16-20(2)18-30(17-19)34(32,33)25-14-8-21(9-15-25)26(31)27-22-10-12-24(13-11-22)29-28-23-6-4-3-5-7-23/h3-15,19-20H,16-18H2,1-2H3,(H,27,31). The summed E-state index contributed by atoms with van der Waals surface area (Å²) >= 11 is 0. The molecule has 0 spiro atoms. The third kappa shape index (κ3) is 5.76. The van der Waals surface area contributed by atoms with Gasteiger partial charge in [-0.25, -0.2) is 8.42 Å². The van der Waals surface area contributed by atoms with Crippen molar-refractivity contribution in [1.29, 1.82) is 0 Å². The molecule has 1 amide bonds. The van der Waals surface area contributed by atoms with Gasteiger partial charge in [0.05, 0.1) is 16.3 Å². The number of hydrogen-bond acceptors (Lipinski definition) is 5. The monoisotopic (exact) mass is 476 g/mol. The minimum Gasteiger partial charge on any atom is -0.322 e. The van der Waals surface area contributed by atoms with E-state index in [2.05, 4.69) is 29.4 Å². The molecule has 8 heteroatoms. The van der Waals surface area contributed by atoms with Crippen molar-refractivity contribution in [3.63, 3.8) is 0 Å². The zero-order chi connectivity index (χ0) is 24.1. The molecule has 0 aromatic heterocycles. The van der Waals surface area contributed by atoms with E-state index in [1.165, 1.54) is 12.1 Å². The van der Waals surface area contributed by atoms with E-state index >= 15 is 0 Å². The SMILES string of the molecule is CC1CC(C)CN(S(=O)(=O)c2ccc(C(=O)Nc3ccc(N=Nc4ccccc4)cc3)cc2)C1. The van der Waals surface area contributed by atoms with Crippen LogP contribution in [0.2, 0.25) is 0 Å². The summed E-state index contributed by atoms with van der Waals surface area (Å²) in [6.07, 6.45) is 1.03. The van der Waals surface area contributed by atoms with Crippen LogP contribution in [0.1, 0.15) is 30.6 Å². The summed E-state index contributed by atoms with van der Waals surface area (Å²) < 4.78 is 27.6. The first-order chi connectivity index (χ1) is 16.3. The van der Waals surface area contributed by atoms with E-state index in [-0.39, 0.29) is 10.8 Å². The van der Waals surface area contributed by atoms with Crippen molar-refractivity contribution in [2.45, 2.75) is 25.2 Å². The molecule has 2 unspecified atom stereocenters. The van der Waals surface area contributed by atoms with Crippen LogP contribution >= 0.6 is 0 Å². The van der Waals surface area contributed by atoms with E-state index in [9.17, 15) is 13.2 Å². The lowest BCUT2D eigenvalue weighted by atomic mass is 9.94. The fourth-order valence-electron chi connectivity index (χ4n) is 4.15. The number of carbonyl (C=O) groups excluding carboxylic acids is 1. The Labute approximate surface area is 200 Å². The lowest BCUT2D eigenvalue weighted by Crippen LogP contribution is -2.42. The first-order valence-corrected chi connectivity index (χ1v) is 12.7. The van der Waals surface area contributed by atoms with Crippen molar-refractivity contribution in [2.24, 2.45) is 22.1 Å². The quantitative estimate of drug-likeness (QED) is 0.441. The summed E-state index contributed by atoms with van der Waals surface area (Å²) in [7, 11) is -3.58. The van der Waals surface area contributed by atoms with Crippen LogP contribution in [0.4, 0.5) is 17.1 Å². The Kier molecular flexibility index (Phi) is 7.19. The molecule has 1 aliphatic heterocycles. The Morgan fingerprint density at radius 2 is 1.38 bits per heavy atom. The molecule has 4 rings (SSSR count). The Hall–Kier alpha value is -3.36. The maximum absolute atomic E-state index is 13.0. The van der Waals surface area contributed by atoms with E-state index in [1.54, 1.807) is 40.7 Å². The highest BCUT2D eigenvalue weighted by Gasteiger charge is 2.31. The largest absolute Gasteiger partial charge is 0.322 e. The lowest BCUT2D eigenvalue weighted by molar-refractivity contribution is 0.102. The molecule has 0 aliphatic carbocycles. The molecule has 176 valence electrons. The van der Waals surface area contributed by atoms with Crippen molar-refractivity contribution in [1.82, 2.24) is 4.31 Å². The van der Waals surface area contributed by atoms with Gasteiger partial charge in [-0.2, -0.15) is 14.5 Å². The van der Waals surface area contributed by atoms with Gasteiger partial charge in [-0.1, -0.05) is 32.0 Å². The number of nitrogens with zero attached hydrogens (tertiary/aromatic N) is 3. The first-order valence-electron chi connectivity index (χ1n) is 11.3. The van der Waals surface area contributed by atoms with Crippen molar-refractivity contribution < 1.29 is 13.2 Å². The number of amides is 1. The lowest BCUT2D eigenvalue weighted by Gasteiger charge is -2.34. The molecule has 1 saturated heterocycles. The zero-order valence-corrected chi connectivity index (χ0v) is 20.1. The zero-order valence-electron chi connectivity index (χ0n) is 19.3. The van der Waals surface area contributed by atoms with Crippen LogP contribution in [0.25, 0.3) is 0 Å². The van der Waals surface area contributed by atoms with Crippen LogP contribution in [0, 0.1) is 11.8 Å². The molecule has 34 heavy (non-hydrogen) atoms. The van der Waals surface area contributed by atoms with Crippen LogP contribution in [0.5, 0.6) is 0 Å². The van der Waals surface area contributed by atoms with Gasteiger partial charge in [0, 0.05) is 24.3 Å². The molecule has 0 radical (unpaired) electrons. The summed E-state index contributed by atoms with van der Waals surface area (Å²) in [5.41, 5.74) is 2.41. The molecule has 0 saturated carbocycles. The fraction of sp³-hybridized carbons (Fsp3) is 0.269. The second-order valence-electron chi connectivity index (χ2n) is 8.83. The molecule has 2 atom stereocenters. The molecular weight excluding hydrogens is 448 g/mol. The maximum Gasteiger partial charge on any atom is 0.255 e. The number of benzene rings is 3. The van der Waals surface area contributed by atoms with Gasteiger partial charge < -0.3 is 5.32 Å². The van der Waals surface area contributed by atoms with Gasteiger partial charge in [0.15, 0.2) is 0 Å². The van der Waals surface area contributed by atoms with Crippen LogP contribution in [0.3, 0.4) is 0 Å². The summed E-state index contributed by atoms with van der Waals surface area (Å²) in [5, 5.41) is 11.2. The average Bonchev–Trinajstić information content (AvgIpc) is 2.84. The first kappa shape index (κ1) is 23.8. The van der Waals surface area contributed by atoms with Gasteiger partial charge in [0.1, 0.15) is 0 Å². The van der Waals surface area contributed by atoms with Crippen molar-refractivity contribution in [3.05, 3.63) is 84.4 Å². The molecule has 0 bridgehead atoms. The van der Waals surface area contributed by atoms with E-state index < -0.39 is 10.0 Å². The van der Waals surface area contributed by atoms with Gasteiger partial charge >= 0.3 is 0 Å². The van der Waals surface area contributed by atoms with Gasteiger partial charge in [-0.3, -0.25) is 4.79 Å². The number of hydrogen-bond donors (Lipinski definition) is 1. The summed E-state index contributed by atoms with van der Waals surface area (Å²) in [4.78, 5) is 12.9. The van der Waals surface area contributed by atoms with E-state index in [0.29, 0.717) is 41.9 Å². The van der Waals surface area contributed by atoms with Gasteiger partial charge in [-0.05, 0) is 78.9 Å². The molecule has 3 aromatic carbocycles. The number of carbonyl (C=O) groups is 1. The molecule has 3 aromatic rings. The second-order valence-corrected chi connectivity index (χ2v) is 10.8. The number of azo groups is 1. The molecule has 1 fully saturated rings. The van der Waals surface area contributed by atoms with Crippen LogP contribution in [-0.2, 0) is 10.0 Å². The molecular formula is C26H28N4O3S. The van der Waals surface area contributed by atoms with E-state index in [0.717, 1.165) is 12.1 Å². The van der Waals surface area contributed by atoms with Crippen molar-refractivity contribution >= 4 is 33.0 Å². The van der Waals surface area contributed by atoms with Gasteiger partial charge in [-0.15, -0.1) is 0 Å². The number of nitrogens with one attached hydrogen (secondary N) is 1. The number of rotatable bonds is 6. The molecule has 7 nitrogen and oxygen atoms in total. The smallest absolute Gasteiger partial charge is 0.255 e. The molecule has 1 N–H and O–H groups in total. The normalized spacial score (nSPS) is 19.2. The third-order valence-corrected chi connectivity index (χ3v) is 7.60. The minimum absolute atomic E-state index is 0.207. The van der Waals surface area contributed by atoms with Crippen LogP contribution < -0.4 is 5.32 Å². The van der Waals surface area contributed by atoms with E-state index in [1.807, 2.05) is 30.3 Å². The highest BCUT2D eigenvalue weighted by atomic mass is 32.2. The Balaban J connectivity index is 1.39. The predicted molar refractivity (Wildman–Crippen MR) is 133 cm³/mol. The average molecular weight is 477 g/mol. The number of anilines is 1. The Morgan fingerprint density at radius 1 is 0.824 bits per heavy atom. The summed E-state index contributed by atoms with van der Waals surface area (Å²) in [6.45, 7) is 5.19. The van der Waals surface area contributed by atoms with Crippen molar-refractivity contribution in [3.8, 4) is 0 Å². The second kappa shape index (κ2) is 10.3. The number of piperidine rings is 1. The van der Waals surface area contributed by atoms with Crippen molar-refractivity contribution in [2.75, 3.05) is 18.4 Å². The van der Waals surface area contributed by atoms with Gasteiger partial charge in [0.2, 0.25) is 10.0 Å². The third-order valence-electron chi connectivity index (χ3n) is 5.75. The maximum atomic E-state index is 13.0. The van der Waals surface area contributed by atoms with E-state index in [4.69, 9.17) is 0 Å². The van der Waals surface area contributed by atoms with Crippen LogP contribution in [-0.4, -0.2) is 31.7 Å². The molecule has 1 aliphatic rings. The predicted octanol–water partition coefficient (Wildman–Crippen LogP) is 6.02. The highest BCUT2D eigenvalue weighted by molar-refractivity contribution is 7.89. The molecule has 1 heterocycles. The van der Waals surface area contributed by atoms with Crippen LogP contribution in [0.15, 0.2) is 94.0 Å². The minimum atomic E-state index is -3.58. The Morgan fingerprint density at radius 3 is 1.97 bits per heavy atom. The summed E-state index contributed by atoms with van der Waals surface area (Å²) in [5.74, 6) is 0.340.